The number of hydrogen-bond acceptors (Lipinski definition) is 2. The lowest BCUT2D eigenvalue weighted by molar-refractivity contribution is 0.792. The Bertz CT molecular complexity index is 550. The fourth-order valence-electron chi connectivity index (χ4n) is 2.05. The summed E-state index contributed by atoms with van der Waals surface area (Å²) >= 11 is 0. The molecular formula is C15H19N3. The topological polar surface area (TPSA) is 43.8 Å². The standard InChI is InChI=1S/C15H19N3/c1-4-10-18-11(3)17-14(15(18)16)13-8-6-12(5-2)7-9-13/h4,6-9H,1,5,10,16H2,2-3H3. The van der Waals surface area contributed by atoms with E-state index < -0.39 is 0 Å². The predicted octanol–water partition coefficient (Wildman–Crippen LogP) is 3.19. The number of anilines is 1. The van der Waals surface area contributed by atoms with Crippen molar-refractivity contribution < 1.29 is 0 Å². The van der Waals surface area contributed by atoms with Gasteiger partial charge in [0.05, 0.1) is 0 Å². The third-order valence-corrected chi connectivity index (χ3v) is 3.14. The molecule has 3 heteroatoms. The SMILES string of the molecule is C=CCn1c(C)nc(-c2ccc(CC)cc2)c1N. The van der Waals surface area contributed by atoms with Crippen LogP contribution >= 0.6 is 0 Å². The minimum absolute atomic E-state index is 0.692. The van der Waals surface area contributed by atoms with Gasteiger partial charge in [0, 0.05) is 12.1 Å². The molecule has 0 bridgehead atoms. The number of benzene rings is 1. The molecule has 1 aromatic heterocycles. The van der Waals surface area contributed by atoms with Gasteiger partial charge in [-0.3, -0.25) is 0 Å². The molecule has 94 valence electrons. The van der Waals surface area contributed by atoms with E-state index in [0.717, 1.165) is 23.5 Å². The predicted molar refractivity (Wildman–Crippen MR) is 76.4 cm³/mol. The molecule has 0 unspecified atom stereocenters. The molecule has 0 saturated carbocycles. The Morgan fingerprint density at radius 2 is 2.00 bits per heavy atom. The van der Waals surface area contributed by atoms with Gasteiger partial charge in [0.15, 0.2) is 0 Å². The summed E-state index contributed by atoms with van der Waals surface area (Å²) in [5.41, 5.74) is 9.39. The fraction of sp³-hybridized carbons (Fsp3) is 0.267. The summed E-state index contributed by atoms with van der Waals surface area (Å²) in [7, 11) is 0. The zero-order valence-electron chi connectivity index (χ0n) is 11.0. The van der Waals surface area contributed by atoms with Crippen LogP contribution in [0.3, 0.4) is 0 Å². The van der Waals surface area contributed by atoms with Crippen LogP contribution in [0.1, 0.15) is 18.3 Å². The molecule has 0 aliphatic rings. The number of aryl methyl sites for hydroxylation is 2. The van der Waals surface area contributed by atoms with Crippen molar-refractivity contribution in [1.29, 1.82) is 0 Å². The molecule has 0 saturated heterocycles. The van der Waals surface area contributed by atoms with Crippen molar-refractivity contribution in [3.63, 3.8) is 0 Å². The van der Waals surface area contributed by atoms with E-state index in [-0.39, 0.29) is 0 Å². The summed E-state index contributed by atoms with van der Waals surface area (Å²) in [6, 6.07) is 8.40. The molecular weight excluding hydrogens is 222 g/mol. The number of hydrogen-bond donors (Lipinski definition) is 1. The van der Waals surface area contributed by atoms with E-state index in [1.807, 2.05) is 17.6 Å². The molecule has 18 heavy (non-hydrogen) atoms. The monoisotopic (exact) mass is 241 g/mol. The number of imidazole rings is 1. The number of allylic oxidation sites excluding steroid dienone is 1. The zero-order valence-corrected chi connectivity index (χ0v) is 11.0. The van der Waals surface area contributed by atoms with Crippen LogP contribution < -0.4 is 5.73 Å². The molecule has 2 N–H and O–H groups in total. The first-order chi connectivity index (χ1) is 8.67. The Hall–Kier alpha value is -2.03. The quantitative estimate of drug-likeness (QED) is 0.835. The first-order valence-electron chi connectivity index (χ1n) is 6.20. The van der Waals surface area contributed by atoms with Gasteiger partial charge in [0.25, 0.3) is 0 Å². The second-order valence-corrected chi connectivity index (χ2v) is 4.34. The summed E-state index contributed by atoms with van der Waals surface area (Å²) < 4.78 is 1.97. The van der Waals surface area contributed by atoms with Crippen molar-refractivity contribution in [2.75, 3.05) is 5.73 Å². The van der Waals surface area contributed by atoms with E-state index in [4.69, 9.17) is 5.73 Å². The molecule has 0 aliphatic carbocycles. The van der Waals surface area contributed by atoms with Crippen molar-refractivity contribution in [2.24, 2.45) is 0 Å². The van der Waals surface area contributed by atoms with Crippen LogP contribution in [0.25, 0.3) is 11.3 Å². The maximum atomic E-state index is 6.15. The van der Waals surface area contributed by atoms with E-state index in [9.17, 15) is 0 Å². The molecule has 0 spiro atoms. The molecule has 2 rings (SSSR count). The highest BCUT2D eigenvalue weighted by Crippen LogP contribution is 2.26. The number of nitrogens with zero attached hydrogens (tertiary/aromatic N) is 2. The minimum atomic E-state index is 0.692. The van der Waals surface area contributed by atoms with Crippen LogP contribution in [0.15, 0.2) is 36.9 Å². The van der Waals surface area contributed by atoms with Gasteiger partial charge in [-0.15, -0.1) is 6.58 Å². The highest BCUT2D eigenvalue weighted by Gasteiger charge is 2.12. The first-order valence-corrected chi connectivity index (χ1v) is 6.20. The molecule has 0 radical (unpaired) electrons. The Balaban J connectivity index is 2.43. The van der Waals surface area contributed by atoms with Gasteiger partial charge in [-0.05, 0) is 18.9 Å². The van der Waals surface area contributed by atoms with Crippen LogP contribution in [0, 0.1) is 6.92 Å². The van der Waals surface area contributed by atoms with Gasteiger partial charge in [-0.2, -0.15) is 0 Å². The maximum Gasteiger partial charge on any atom is 0.132 e. The lowest BCUT2D eigenvalue weighted by Gasteiger charge is -2.04. The largest absolute Gasteiger partial charge is 0.383 e. The van der Waals surface area contributed by atoms with Gasteiger partial charge in [-0.25, -0.2) is 4.98 Å². The lowest BCUT2D eigenvalue weighted by atomic mass is 10.1. The molecule has 2 aromatic rings. The Morgan fingerprint density at radius 1 is 1.33 bits per heavy atom. The summed E-state index contributed by atoms with van der Waals surface area (Å²) in [6.07, 6.45) is 2.87. The van der Waals surface area contributed by atoms with Crippen molar-refractivity contribution in [2.45, 2.75) is 26.8 Å². The summed E-state index contributed by atoms with van der Waals surface area (Å²) in [5.74, 6) is 1.62. The van der Waals surface area contributed by atoms with Crippen LogP contribution in [0.4, 0.5) is 5.82 Å². The third-order valence-electron chi connectivity index (χ3n) is 3.14. The summed E-state index contributed by atoms with van der Waals surface area (Å²) in [6.45, 7) is 8.54. The van der Waals surface area contributed by atoms with Crippen LogP contribution in [0.2, 0.25) is 0 Å². The molecule has 1 aromatic carbocycles. The Kier molecular flexibility index (Phi) is 3.51. The number of aromatic nitrogens is 2. The van der Waals surface area contributed by atoms with E-state index in [1.54, 1.807) is 0 Å². The number of nitrogen functional groups attached to an aromatic ring is 1. The highest BCUT2D eigenvalue weighted by molar-refractivity contribution is 5.71. The van der Waals surface area contributed by atoms with Crippen LogP contribution in [0.5, 0.6) is 0 Å². The zero-order chi connectivity index (χ0) is 13.1. The number of rotatable bonds is 4. The molecule has 0 amide bonds. The van der Waals surface area contributed by atoms with Crippen molar-refractivity contribution >= 4 is 5.82 Å². The van der Waals surface area contributed by atoms with E-state index >= 15 is 0 Å². The Morgan fingerprint density at radius 3 is 2.56 bits per heavy atom. The smallest absolute Gasteiger partial charge is 0.132 e. The molecule has 0 fully saturated rings. The molecule has 3 nitrogen and oxygen atoms in total. The normalized spacial score (nSPS) is 10.6. The molecule has 1 heterocycles. The average molecular weight is 241 g/mol. The van der Waals surface area contributed by atoms with E-state index in [1.165, 1.54) is 5.56 Å². The summed E-state index contributed by atoms with van der Waals surface area (Å²) in [5, 5.41) is 0. The van der Waals surface area contributed by atoms with Crippen molar-refractivity contribution in [3.8, 4) is 11.3 Å². The van der Waals surface area contributed by atoms with Crippen LogP contribution in [-0.2, 0) is 13.0 Å². The maximum absolute atomic E-state index is 6.15. The summed E-state index contributed by atoms with van der Waals surface area (Å²) in [4.78, 5) is 4.54. The van der Waals surface area contributed by atoms with Gasteiger partial charge in [0.1, 0.15) is 17.3 Å². The second kappa shape index (κ2) is 5.08. The molecule has 0 aliphatic heterocycles. The molecule has 0 atom stereocenters. The Labute approximate surface area is 108 Å². The van der Waals surface area contributed by atoms with Crippen molar-refractivity contribution in [3.05, 3.63) is 48.3 Å². The van der Waals surface area contributed by atoms with Gasteiger partial charge in [0.2, 0.25) is 0 Å². The van der Waals surface area contributed by atoms with E-state index in [2.05, 4.69) is 42.8 Å². The van der Waals surface area contributed by atoms with Gasteiger partial charge < -0.3 is 10.3 Å². The highest BCUT2D eigenvalue weighted by atomic mass is 15.1. The third kappa shape index (κ3) is 2.16. The second-order valence-electron chi connectivity index (χ2n) is 4.34. The number of nitrogens with two attached hydrogens (primary N) is 1. The fourth-order valence-corrected chi connectivity index (χ4v) is 2.05. The minimum Gasteiger partial charge on any atom is -0.383 e. The van der Waals surface area contributed by atoms with E-state index in [0.29, 0.717) is 12.4 Å². The van der Waals surface area contributed by atoms with Crippen LogP contribution in [-0.4, -0.2) is 9.55 Å². The lowest BCUT2D eigenvalue weighted by Crippen LogP contribution is -2.03. The van der Waals surface area contributed by atoms with Crippen molar-refractivity contribution in [1.82, 2.24) is 9.55 Å². The van der Waals surface area contributed by atoms with Gasteiger partial charge >= 0.3 is 0 Å². The van der Waals surface area contributed by atoms with Gasteiger partial charge in [-0.1, -0.05) is 37.3 Å². The first kappa shape index (κ1) is 12.4. The average Bonchev–Trinajstić information content (AvgIpc) is 2.67.